The van der Waals surface area contributed by atoms with Gasteiger partial charge in [0.15, 0.2) is 0 Å². The van der Waals surface area contributed by atoms with Gasteiger partial charge in [0.05, 0.1) is 0 Å². The lowest BCUT2D eigenvalue weighted by molar-refractivity contribution is 0.108. The third kappa shape index (κ3) is 4.45. The molecule has 4 N–H and O–H groups in total. The second-order valence-corrected chi connectivity index (χ2v) is 13.0. The lowest BCUT2D eigenvalue weighted by Gasteiger charge is -2.49. The summed E-state index contributed by atoms with van der Waals surface area (Å²) in [6, 6.07) is 24.0. The molecule has 0 bridgehead atoms. The quantitative estimate of drug-likeness (QED) is 0.212. The number of likely N-dealkylation sites (N-methyl/N-ethyl adjacent to an activating group) is 1. The lowest BCUT2D eigenvalue weighted by atomic mass is 9.55. The molecule has 0 aliphatic heterocycles. The van der Waals surface area contributed by atoms with Crippen molar-refractivity contribution in [3.8, 4) is 22.3 Å². The molecule has 1 fully saturated rings. The standard InChI is InChI=1S/C37H44N4O/c1-5-25-20-36(4,23-39)22-37(21-25)32-10-8-7-9-28(32)35-31-19-34(40-42)30(18-29(31)24(3)17-33(35)37)26-11-13-27(14-12-26)41(6-2)16-15-38/h7-14,17-19,25H,5-6,15-16,20-23,38-39H2,1-4H3. The van der Waals surface area contributed by atoms with Gasteiger partial charge in [-0.15, -0.1) is 4.91 Å². The maximum absolute atomic E-state index is 12.4. The van der Waals surface area contributed by atoms with Crippen LogP contribution in [0.1, 0.15) is 63.1 Å². The first kappa shape index (κ1) is 28.6. The van der Waals surface area contributed by atoms with E-state index in [1.807, 2.05) is 6.07 Å². The first-order chi connectivity index (χ1) is 20.3. The highest BCUT2D eigenvalue weighted by Gasteiger charge is 2.52. The van der Waals surface area contributed by atoms with E-state index in [1.54, 1.807) is 0 Å². The monoisotopic (exact) mass is 560 g/mol. The van der Waals surface area contributed by atoms with Crippen molar-refractivity contribution in [2.75, 3.05) is 31.1 Å². The number of hydrogen-bond donors (Lipinski definition) is 2. The molecule has 2 aliphatic rings. The number of benzene rings is 4. The van der Waals surface area contributed by atoms with Crippen LogP contribution in [-0.4, -0.2) is 26.2 Å². The van der Waals surface area contributed by atoms with Crippen LogP contribution in [0, 0.1) is 23.2 Å². The molecule has 1 saturated carbocycles. The summed E-state index contributed by atoms with van der Waals surface area (Å²) in [5, 5.41) is 5.88. The van der Waals surface area contributed by atoms with Crippen LogP contribution in [0.5, 0.6) is 0 Å². The van der Waals surface area contributed by atoms with Gasteiger partial charge in [0, 0.05) is 36.3 Å². The fourth-order valence-corrected chi connectivity index (χ4v) is 8.34. The number of rotatable bonds is 8. The van der Waals surface area contributed by atoms with Gasteiger partial charge >= 0.3 is 0 Å². The molecular weight excluding hydrogens is 516 g/mol. The van der Waals surface area contributed by atoms with Crippen LogP contribution in [0.15, 0.2) is 71.9 Å². The number of nitroso groups, excluding NO2 is 1. The Kier molecular flexibility index (Phi) is 7.44. The Labute approximate surface area is 250 Å². The molecule has 3 unspecified atom stereocenters. The molecule has 4 aromatic rings. The molecule has 5 heteroatoms. The van der Waals surface area contributed by atoms with E-state index >= 15 is 0 Å². The minimum atomic E-state index is -0.0735. The summed E-state index contributed by atoms with van der Waals surface area (Å²) in [7, 11) is 0. The molecule has 5 nitrogen and oxygen atoms in total. The third-order valence-corrected chi connectivity index (χ3v) is 10.3. The molecule has 2 aliphatic carbocycles. The van der Waals surface area contributed by atoms with Gasteiger partial charge in [0.1, 0.15) is 5.69 Å². The molecule has 0 saturated heterocycles. The Hall–Kier alpha value is -3.54. The molecule has 0 radical (unpaired) electrons. The first-order valence-corrected chi connectivity index (χ1v) is 15.6. The van der Waals surface area contributed by atoms with Gasteiger partial charge in [0.25, 0.3) is 0 Å². The van der Waals surface area contributed by atoms with Crippen LogP contribution in [0.25, 0.3) is 33.0 Å². The van der Waals surface area contributed by atoms with E-state index in [-0.39, 0.29) is 10.8 Å². The van der Waals surface area contributed by atoms with E-state index in [0.29, 0.717) is 24.7 Å². The van der Waals surface area contributed by atoms with Crippen LogP contribution in [0.4, 0.5) is 11.4 Å². The molecule has 6 rings (SSSR count). The van der Waals surface area contributed by atoms with Crippen LogP contribution in [0.2, 0.25) is 0 Å². The van der Waals surface area contributed by atoms with Crippen molar-refractivity contribution in [3.05, 3.63) is 88.3 Å². The predicted octanol–water partition coefficient (Wildman–Crippen LogP) is 8.44. The van der Waals surface area contributed by atoms with Crippen molar-refractivity contribution in [2.45, 2.75) is 58.8 Å². The molecule has 4 aromatic carbocycles. The second-order valence-electron chi connectivity index (χ2n) is 13.0. The average Bonchev–Trinajstić information content (AvgIpc) is 3.27. The van der Waals surface area contributed by atoms with Crippen LogP contribution >= 0.6 is 0 Å². The highest BCUT2D eigenvalue weighted by molar-refractivity contribution is 6.07. The van der Waals surface area contributed by atoms with E-state index in [1.165, 1.54) is 39.6 Å². The van der Waals surface area contributed by atoms with Crippen molar-refractivity contribution in [2.24, 2.45) is 28.0 Å². The van der Waals surface area contributed by atoms with Gasteiger partial charge in [0.2, 0.25) is 0 Å². The zero-order valence-corrected chi connectivity index (χ0v) is 25.5. The fourth-order valence-electron chi connectivity index (χ4n) is 8.34. The van der Waals surface area contributed by atoms with Crippen molar-refractivity contribution in [3.63, 3.8) is 0 Å². The Bertz CT molecular complexity index is 1640. The summed E-state index contributed by atoms with van der Waals surface area (Å²) in [5.41, 5.74) is 22.4. The molecule has 218 valence electrons. The van der Waals surface area contributed by atoms with Gasteiger partial charge in [-0.2, -0.15) is 0 Å². The summed E-state index contributed by atoms with van der Waals surface area (Å²) < 4.78 is 0. The minimum absolute atomic E-state index is 0.0735. The molecule has 42 heavy (non-hydrogen) atoms. The van der Waals surface area contributed by atoms with E-state index < -0.39 is 0 Å². The molecular formula is C37H44N4O. The van der Waals surface area contributed by atoms with Crippen LogP contribution < -0.4 is 16.4 Å². The Balaban J connectivity index is 1.55. The normalized spacial score (nSPS) is 22.8. The summed E-state index contributed by atoms with van der Waals surface area (Å²) in [4.78, 5) is 14.7. The van der Waals surface area contributed by atoms with E-state index in [0.717, 1.165) is 54.6 Å². The summed E-state index contributed by atoms with van der Waals surface area (Å²) in [6.07, 6.45) is 4.51. The zero-order valence-electron chi connectivity index (χ0n) is 25.5. The van der Waals surface area contributed by atoms with Gasteiger partial charge in [-0.05, 0) is 125 Å². The molecule has 1 spiro atoms. The lowest BCUT2D eigenvalue weighted by Crippen LogP contribution is -2.44. The Morgan fingerprint density at radius 1 is 0.929 bits per heavy atom. The van der Waals surface area contributed by atoms with Crippen molar-refractivity contribution >= 4 is 22.1 Å². The predicted molar refractivity (Wildman–Crippen MR) is 178 cm³/mol. The number of nitrogens with two attached hydrogens (primary N) is 2. The number of nitrogens with zero attached hydrogens (tertiary/aromatic N) is 2. The average molecular weight is 561 g/mol. The highest BCUT2D eigenvalue weighted by Crippen LogP contribution is 2.62. The van der Waals surface area contributed by atoms with E-state index in [4.69, 9.17) is 11.5 Å². The molecule has 3 atom stereocenters. The maximum atomic E-state index is 12.4. The summed E-state index contributed by atoms with van der Waals surface area (Å²) in [6.45, 7) is 12.1. The zero-order chi connectivity index (χ0) is 29.6. The van der Waals surface area contributed by atoms with Crippen molar-refractivity contribution < 1.29 is 0 Å². The Morgan fingerprint density at radius 3 is 2.36 bits per heavy atom. The maximum Gasteiger partial charge on any atom is 0.116 e. The van der Waals surface area contributed by atoms with Crippen molar-refractivity contribution in [1.29, 1.82) is 0 Å². The molecule has 0 aromatic heterocycles. The van der Waals surface area contributed by atoms with Crippen LogP contribution in [0.3, 0.4) is 0 Å². The topological polar surface area (TPSA) is 84.7 Å². The highest BCUT2D eigenvalue weighted by atomic mass is 16.3. The largest absolute Gasteiger partial charge is 0.371 e. The second kappa shape index (κ2) is 10.9. The van der Waals surface area contributed by atoms with Gasteiger partial charge in [-0.3, -0.25) is 0 Å². The summed E-state index contributed by atoms with van der Waals surface area (Å²) >= 11 is 0. The number of fused-ring (bicyclic) bond motifs is 7. The van der Waals surface area contributed by atoms with Crippen molar-refractivity contribution in [1.82, 2.24) is 0 Å². The first-order valence-electron chi connectivity index (χ1n) is 15.6. The summed E-state index contributed by atoms with van der Waals surface area (Å²) in [5.74, 6) is 0.619. The number of anilines is 1. The molecule has 0 heterocycles. The third-order valence-electron chi connectivity index (χ3n) is 10.3. The molecule has 0 amide bonds. The van der Waals surface area contributed by atoms with Gasteiger partial charge in [-0.25, -0.2) is 0 Å². The van der Waals surface area contributed by atoms with Gasteiger partial charge in [-0.1, -0.05) is 62.7 Å². The van der Waals surface area contributed by atoms with E-state index in [9.17, 15) is 4.91 Å². The smallest absolute Gasteiger partial charge is 0.116 e. The minimum Gasteiger partial charge on any atom is -0.371 e. The Morgan fingerprint density at radius 2 is 1.69 bits per heavy atom. The fraction of sp³-hybridized carbons (Fsp3) is 0.405. The van der Waals surface area contributed by atoms with Crippen LogP contribution in [-0.2, 0) is 5.41 Å². The van der Waals surface area contributed by atoms with Gasteiger partial charge < -0.3 is 16.4 Å². The number of hydrogen-bond acceptors (Lipinski definition) is 5. The van der Waals surface area contributed by atoms with E-state index in [2.05, 4.69) is 98.4 Å². The SMILES string of the molecule is CCC1CC(C)(CN)CC2(C1)c1ccccc1-c1c2cc(C)c2cc(-c3ccc(N(CC)CCN)cc3)c(N=O)cc12. The number of aryl methyl sites for hydroxylation is 1.